The van der Waals surface area contributed by atoms with Crippen molar-refractivity contribution in [1.29, 1.82) is 0 Å². The third kappa shape index (κ3) is 3.31. The Morgan fingerprint density at radius 2 is 2.18 bits per heavy atom. The Kier molecular flexibility index (Phi) is 3.56. The van der Waals surface area contributed by atoms with Gasteiger partial charge in [0.25, 0.3) is 0 Å². The maximum atomic E-state index is 12.0. The molecule has 0 aliphatic heterocycles. The number of aromatic nitrogens is 1. The zero-order chi connectivity index (χ0) is 13.2. The summed E-state index contributed by atoms with van der Waals surface area (Å²) < 4.78 is 39.5. The molecule has 3 N–H and O–H groups in total. The van der Waals surface area contributed by atoms with Gasteiger partial charge in [-0.1, -0.05) is 0 Å². The van der Waals surface area contributed by atoms with Crippen LogP contribution in [0, 0.1) is 6.92 Å². The lowest BCUT2D eigenvalue weighted by atomic mass is 10.1. The number of alkyl halides is 3. The van der Waals surface area contributed by atoms with E-state index in [4.69, 9.17) is 10.8 Å². The highest BCUT2D eigenvalue weighted by Gasteiger charge is 2.32. The molecule has 0 spiro atoms. The molecule has 5 nitrogen and oxygen atoms in total. The van der Waals surface area contributed by atoms with E-state index in [9.17, 15) is 18.0 Å². The van der Waals surface area contributed by atoms with Crippen molar-refractivity contribution in [3.05, 3.63) is 22.9 Å². The molecule has 0 aliphatic rings. The molecule has 1 aromatic heterocycles. The summed E-state index contributed by atoms with van der Waals surface area (Å²) >= 11 is 0. The van der Waals surface area contributed by atoms with Gasteiger partial charge in [0.1, 0.15) is 0 Å². The van der Waals surface area contributed by atoms with Gasteiger partial charge in [-0.05, 0) is 18.1 Å². The minimum atomic E-state index is -4.93. The van der Waals surface area contributed by atoms with Gasteiger partial charge < -0.3 is 15.6 Å². The van der Waals surface area contributed by atoms with Crippen molar-refractivity contribution in [2.45, 2.75) is 19.8 Å². The molecule has 8 heteroatoms. The Bertz CT molecular complexity index is 446. The van der Waals surface area contributed by atoms with E-state index in [0.29, 0.717) is 0 Å². The number of hydrogen-bond donors (Lipinski definition) is 2. The number of carboxylic acids is 1. The van der Waals surface area contributed by atoms with E-state index in [1.165, 1.54) is 6.92 Å². The lowest BCUT2D eigenvalue weighted by Gasteiger charge is -2.12. The maximum Gasteiger partial charge on any atom is 0.574 e. The van der Waals surface area contributed by atoms with Crippen molar-refractivity contribution in [1.82, 2.24) is 4.98 Å². The van der Waals surface area contributed by atoms with Crippen LogP contribution < -0.4 is 10.5 Å². The molecule has 0 saturated heterocycles. The molecule has 0 aromatic carbocycles. The van der Waals surface area contributed by atoms with Crippen molar-refractivity contribution < 1.29 is 27.8 Å². The molecule has 1 heterocycles. The number of pyridine rings is 1. The van der Waals surface area contributed by atoms with Gasteiger partial charge in [0, 0.05) is 12.6 Å². The number of nitrogens with zero attached hydrogens (tertiary/aromatic N) is 1. The molecular formula is C9H9F3N2O3. The van der Waals surface area contributed by atoms with E-state index in [-0.39, 0.29) is 17.7 Å². The molecule has 0 bridgehead atoms. The topological polar surface area (TPSA) is 85.4 Å². The summed E-state index contributed by atoms with van der Waals surface area (Å²) in [5, 5.41) is 8.77. The van der Waals surface area contributed by atoms with Crippen molar-refractivity contribution in [3.63, 3.8) is 0 Å². The maximum absolute atomic E-state index is 12.0. The molecule has 0 radical (unpaired) electrons. The second-order valence-corrected chi connectivity index (χ2v) is 3.15. The van der Waals surface area contributed by atoms with Gasteiger partial charge in [-0.3, -0.25) is 0 Å². The van der Waals surface area contributed by atoms with Gasteiger partial charge in [0.15, 0.2) is 5.69 Å². The zero-order valence-electron chi connectivity index (χ0n) is 8.71. The summed E-state index contributed by atoms with van der Waals surface area (Å²) in [5.41, 5.74) is 5.24. The molecule has 94 valence electrons. The molecule has 0 aliphatic carbocycles. The Labute approximate surface area is 94.0 Å². The largest absolute Gasteiger partial charge is 0.574 e. The first kappa shape index (κ1) is 13.2. The number of rotatable bonds is 3. The van der Waals surface area contributed by atoms with Crippen LogP contribution in [-0.2, 0) is 6.54 Å². The van der Waals surface area contributed by atoms with Gasteiger partial charge in [0.2, 0.25) is 5.88 Å². The lowest BCUT2D eigenvalue weighted by molar-refractivity contribution is -0.276. The highest BCUT2D eigenvalue weighted by atomic mass is 19.4. The second kappa shape index (κ2) is 4.58. The highest BCUT2D eigenvalue weighted by molar-refractivity contribution is 5.87. The molecule has 1 aromatic rings. The number of hydrogen-bond acceptors (Lipinski definition) is 4. The third-order valence-electron chi connectivity index (χ3n) is 2.00. The van der Waals surface area contributed by atoms with Crippen LogP contribution in [0.25, 0.3) is 0 Å². The van der Waals surface area contributed by atoms with Crippen molar-refractivity contribution in [3.8, 4) is 5.88 Å². The molecule has 0 amide bonds. The van der Waals surface area contributed by atoms with Crippen molar-refractivity contribution in [2.24, 2.45) is 5.73 Å². The SMILES string of the molecule is Cc1c(CN)cc(OC(F)(F)F)nc1C(=O)O. The zero-order valence-corrected chi connectivity index (χ0v) is 8.71. The predicted molar refractivity (Wildman–Crippen MR) is 50.5 cm³/mol. The first-order valence-electron chi connectivity index (χ1n) is 4.44. The van der Waals surface area contributed by atoms with Gasteiger partial charge in [-0.2, -0.15) is 0 Å². The molecule has 0 atom stereocenters. The van der Waals surface area contributed by atoms with E-state index < -0.39 is 23.9 Å². The van der Waals surface area contributed by atoms with Crippen LogP contribution in [0.4, 0.5) is 13.2 Å². The number of carboxylic acid groups (broad SMARTS) is 1. The lowest BCUT2D eigenvalue weighted by Crippen LogP contribution is -2.20. The van der Waals surface area contributed by atoms with Crippen LogP contribution in [0.5, 0.6) is 5.88 Å². The minimum Gasteiger partial charge on any atom is -0.477 e. The van der Waals surface area contributed by atoms with Crippen LogP contribution in [0.15, 0.2) is 6.07 Å². The summed E-state index contributed by atoms with van der Waals surface area (Å²) in [6, 6.07) is 0.968. The summed E-state index contributed by atoms with van der Waals surface area (Å²) in [4.78, 5) is 14.0. The highest BCUT2D eigenvalue weighted by Crippen LogP contribution is 2.24. The Hall–Kier alpha value is -1.83. The van der Waals surface area contributed by atoms with Crippen LogP contribution in [0.1, 0.15) is 21.6 Å². The van der Waals surface area contributed by atoms with Crippen molar-refractivity contribution >= 4 is 5.97 Å². The fourth-order valence-corrected chi connectivity index (χ4v) is 1.23. The number of nitrogens with two attached hydrogens (primary N) is 1. The average Bonchev–Trinajstić information content (AvgIpc) is 2.17. The van der Waals surface area contributed by atoms with Crippen LogP contribution in [0.2, 0.25) is 0 Å². The normalized spacial score (nSPS) is 11.4. The minimum absolute atomic E-state index is 0.108. The molecule has 0 unspecified atom stereocenters. The number of carbonyl (C=O) groups is 1. The van der Waals surface area contributed by atoms with E-state index in [1.54, 1.807) is 0 Å². The third-order valence-corrected chi connectivity index (χ3v) is 2.00. The Morgan fingerprint density at radius 1 is 1.59 bits per heavy atom. The molecular weight excluding hydrogens is 241 g/mol. The molecule has 17 heavy (non-hydrogen) atoms. The quantitative estimate of drug-likeness (QED) is 0.847. The van der Waals surface area contributed by atoms with Crippen molar-refractivity contribution in [2.75, 3.05) is 0 Å². The van der Waals surface area contributed by atoms with E-state index >= 15 is 0 Å². The number of aromatic carboxylic acids is 1. The molecule has 0 fully saturated rings. The predicted octanol–water partition coefficient (Wildman–Crippen LogP) is 1.45. The summed E-state index contributed by atoms with van der Waals surface area (Å²) in [6.45, 7) is 1.30. The first-order chi connectivity index (χ1) is 7.74. The van der Waals surface area contributed by atoms with E-state index in [0.717, 1.165) is 6.07 Å². The monoisotopic (exact) mass is 250 g/mol. The number of ether oxygens (including phenoxy) is 1. The van der Waals surface area contributed by atoms with Crippen LogP contribution in [-0.4, -0.2) is 22.4 Å². The molecule has 0 saturated carbocycles. The Balaban J connectivity index is 3.25. The Morgan fingerprint density at radius 3 is 2.59 bits per heavy atom. The molecule has 1 rings (SSSR count). The van der Waals surface area contributed by atoms with Gasteiger partial charge in [0.05, 0.1) is 0 Å². The fourth-order valence-electron chi connectivity index (χ4n) is 1.23. The summed E-state index contributed by atoms with van der Waals surface area (Å²) in [6.07, 6.45) is -4.93. The van der Waals surface area contributed by atoms with Gasteiger partial charge in [-0.15, -0.1) is 13.2 Å². The van der Waals surface area contributed by atoms with Crippen LogP contribution in [0.3, 0.4) is 0 Å². The smallest absolute Gasteiger partial charge is 0.477 e. The fraction of sp³-hybridized carbons (Fsp3) is 0.333. The van der Waals surface area contributed by atoms with Crippen LogP contribution >= 0.6 is 0 Å². The summed E-state index contributed by atoms with van der Waals surface area (Å²) in [7, 11) is 0. The van der Waals surface area contributed by atoms with Gasteiger partial charge >= 0.3 is 12.3 Å². The van der Waals surface area contributed by atoms with E-state index in [2.05, 4.69) is 9.72 Å². The second-order valence-electron chi connectivity index (χ2n) is 3.15. The number of halogens is 3. The van der Waals surface area contributed by atoms with E-state index in [1.807, 2.05) is 0 Å². The summed E-state index contributed by atoms with van der Waals surface area (Å²) in [5.74, 6) is -2.27. The standard InChI is InChI=1S/C9H9F3N2O3/c1-4-5(3-13)2-6(17-9(10,11)12)14-7(4)8(15)16/h2H,3,13H2,1H3,(H,15,16). The first-order valence-corrected chi connectivity index (χ1v) is 4.44. The van der Waals surface area contributed by atoms with Gasteiger partial charge in [-0.25, -0.2) is 9.78 Å². The average molecular weight is 250 g/mol.